The summed E-state index contributed by atoms with van der Waals surface area (Å²) in [4.78, 5) is 4.24. The molecule has 0 aliphatic rings. The van der Waals surface area contributed by atoms with Crippen molar-refractivity contribution in [2.24, 2.45) is 0 Å². The SMILES string of the molecule is CN(C)OOS. The molecule has 0 atom stereocenters. The van der Waals surface area contributed by atoms with Gasteiger partial charge in [0.1, 0.15) is 0 Å². The molecule has 0 fully saturated rings. The van der Waals surface area contributed by atoms with Crippen LogP contribution >= 0.6 is 12.9 Å². The normalized spacial score (nSPS) is 10.0. The van der Waals surface area contributed by atoms with Crippen molar-refractivity contribution < 1.29 is 9.32 Å². The predicted octanol–water partition coefficient (Wildman–Crippen LogP) is 0.256. The van der Waals surface area contributed by atoms with Gasteiger partial charge in [-0.1, -0.05) is 0 Å². The molecule has 0 unspecified atom stereocenters. The molecule has 0 spiro atoms. The molecule has 0 aliphatic heterocycles. The third-order valence-corrected chi connectivity index (χ3v) is 0.249. The first-order valence-electron chi connectivity index (χ1n) is 1.43. The molecule has 0 aromatic heterocycles. The fraction of sp³-hybridized carbons (Fsp3) is 1.00. The van der Waals surface area contributed by atoms with Gasteiger partial charge in [0.15, 0.2) is 0 Å². The number of thiol groups is 1. The van der Waals surface area contributed by atoms with Crippen molar-refractivity contribution in [2.75, 3.05) is 14.1 Å². The lowest BCUT2D eigenvalue weighted by Gasteiger charge is -2.01. The molecular weight excluding hydrogens is 102 g/mol. The number of hydroxylamine groups is 2. The molecule has 4 heteroatoms. The first kappa shape index (κ1) is 6.23. The highest BCUT2D eigenvalue weighted by atomic mass is 32.1. The number of nitrogens with zero attached hydrogens (tertiary/aromatic N) is 1. The summed E-state index contributed by atoms with van der Waals surface area (Å²) in [6.07, 6.45) is 0. The van der Waals surface area contributed by atoms with Crippen LogP contribution in [-0.4, -0.2) is 19.2 Å². The van der Waals surface area contributed by atoms with Crippen LogP contribution in [0.1, 0.15) is 0 Å². The van der Waals surface area contributed by atoms with E-state index in [-0.39, 0.29) is 0 Å². The minimum absolute atomic E-state index is 1.38. The van der Waals surface area contributed by atoms with Crippen LogP contribution in [0.4, 0.5) is 0 Å². The van der Waals surface area contributed by atoms with Crippen molar-refractivity contribution in [2.45, 2.75) is 0 Å². The average molecular weight is 109 g/mol. The Bertz CT molecular complexity index is 32.7. The smallest absolute Gasteiger partial charge is 0.0169 e. The first-order valence-corrected chi connectivity index (χ1v) is 1.79. The van der Waals surface area contributed by atoms with Crippen LogP contribution in [0.15, 0.2) is 0 Å². The largest absolute Gasteiger partial charge is 0.162 e. The van der Waals surface area contributed by atoms with Gasteiger partial charge in [-0.15, -0.1) is 9.32 Å². The van der Waals surface area contributed by atoms with E-state index in [2.05, 4.69) is 22.2 Å². The maximum absolute atomic E-state index is 4.24. The maximum atomic E-state index is 4.24. The first-order chi connectivity index (χ1) is 2.77. The summed E-state index contributed by atoms with van der Waals surface area (Å²) in [5, 5.41) is 1.38. The van der Waals surface area contributed by atoms with Gasteiger partial charge in [0, 0.05) is 27.0 Å². The van der Waals surface area contributed by atoms with E-state index in [1.165, 1.54) is 5.06 Å². The van der Waals surface area contributed by atoms with Crippen LogP contribution in [0.25, 0.3) is 0 Å². The molecule has 0 saturated heterocycles. The van der Waals surface area contributed by atoms with E-state index >= 15 is 0 Å². The summed E-state index contributed by atoms with van der Waals surface area (Å²) < 4.78 is 3.92. The highest BCUT2D eigenvalue weighted by molar-refractivity contribution is 7.74. The Kier molecular flexibility index (Phi) is 3.55. The van der Waals surface area contributed by atoms with E-state index < -0.39 is 0 Å². The van der Waals surface area contributed by atoms with Crippen molar-refractivity contribution >= 4 is 12.9 Å². The molecule has 0 N–H and O–H groups in total. The molecule has 38 valence electrons. The van der Waals surface area contributed by atoms with Crippen LogP contribution in [-0.2, 0) is 9.32 Å². The van der Waals surface area contributed by atoms with E-state index in [4.69, 9.17) is 0 Å². The van der Waals surface area contributed by atoms with Crippen LogP contribution < -0.4 is 0 Å². The molecule has 3 nitrogen and oxygen atoms in total. The minimum Gasteiger partial charge on any atom is -0.162 e. The zero-order valence-electron chi connectivity index (χ0n) is 3.71. The van der Waals surface area contributed by atoms with Crippen LogP contribution in [0, 0.1) is 0 Å². The van der Waals surface area contributed by atoms with E-state index in [0.29, 0.717) is 0 Å². The highest BCUT2D eigenvalue weighted by Gasteiger charge is 1.80. The molecule has 0 aromatic rings. The van der Waals surface area contributed by atoms with Gasteiger partial charge in [-0.05, 0) is 0 Å². The molecule has 0 saturated carbocycles. The van der Waals surface area contributed by atoms with E-state index in [9.17, 15) is 0 Å². The molecule has 0 amide bonds. The Hall–Kier alpha value is 0.230. The third kappa shape index (κ3) is 4.23. The van der Waals surface area contributed by atoms with Crippen molar-refractivity contribution in [1.29, 1.82) is 0 Å². The van der Waals surface area contributed by atoms with E-state index in [1.54, 1.807) is 14.1 Å². The monoisotopic (exact) mass is 109 g/mol. The van der Waals surface area contributed by atoms with Crippen LogP contribution in [0.2, 0.25) is 0 Å². The van der Waals surface area contributed by atoms with Crippen LogP contribution in [0.5, 0.6) is 0 Å². The summed E-state index contributed by atoms with van der Waals surface area (Å²) in [5.74, 6) is 0. The standard InChI is InChI=1S/C2H7NO2S/c1-3(2)4-5-6/h6H,1-2H3. The lowest BCUT2D eigenvalue weighted by atomic mass is 11.2. The summed E-state index contributed by atoms with van der Waals surface area (Å²) in [6.45, 7) is 0. The second-order valence-corrected chi connectivity index (χ2v) is 1.11. The molecule has 0 aromatic carbocycles. The van der Waals surface area contributed by atoms with Crippen molar-refractivity contribution in [3.63, 3.8) is 0 Å². The van der Waals surface area contributed by atoms with Gasteiger partial charge >= 0.3 is 0 Å². The molecule has 0 heterocycles. The highest BCUT2D eigenvalue weighted by Crippen LogP contribution is 1.81. The zero-order chi connectivity index (χ0) is 4.99. The zero-order valence-corrected chi connectivity index (χ0v) is 4.61. The summed E-state index contributed by atoms with van der Waals surface area (Å²) >= 11 is 3.30. The Morgan fingerprint density at radius 1 is 1.50 bits per heavy atom. The number of hydrogen-bond donors (Lipinski definition) is 1. The third-order valence-electron chi connectivity index (χ3n) is 0.182. The van der Waals surface area contributed by atoms with Crippen molar-refractivity contribution in [3.05, 3.63) is 0 Å². The molecule has 0 aliphatic carbocycles. The summed E-state index contributed by atoms with van der Waals surface area (Å²) in [7, 11) is 3.38. The predicted molar refractivity (Wildman–Crippen MR) is 24.8 cm³/mol. The van der Waals surface area contributed by atoms with Gasteiger partial charge in [-0.25, -0.2) is 0 Å². The van der Waals surface area contributed by atoms with Gasteiger partial charge in [0.2, 0.25) is 0 Å². The fourth-order valence-electron chi connectivity index (χ4n) is 0.0667. The summed E-state index contributed by atoms with van der Waals surface area (Å²) in [6, 6.07) is 0. The van der Waals surface area contributed by atoms with E-state index in [0.717, 1.165) is 0 Å². The minimum atomic E-state index is 1.38. The Labute approximate surface area is 42.3 Å². The lowest BCUT2D eigenvalue weighted by molar-refractivity contribution is -0.338. The quantitative estimate of drug-likeness (QED) is 0.238. The second-order valence-electron chi connectivity index (χ2n) is 0.961. The average Bonchev–Trinajstić information content (AvgIpc) is 1.35. The maximum Gasteiger partial charge on any atom is 0.0169 e. The van der Waals surface area contributed by atoms with Gasteiger partial charge in [-0.3, -0.25) is 0 Å². The number of hydrogen-bond acceptors (Lipinski definition) is 4. The molecular formula is C2H7NO2S. The van der Waals surface area contributed by atoms with Gasteiger partial charge in [-0.2, -0.15) is 5.06 Å². The van der Waals surface area contributed by atoms with Crippen molar-refractivity contribution in [3.8, 4) is 0 Å². The molecule has 0 radical (unpaired) electrons. The fourth-order valence-corrected chi connectivity index (χ4v) is 0.200. The molecule has 6 heavy (non-hydrogen) atoms. The van der Waals surface area contributed by atoms with Gasteiger partial charge in [0.25, 0.3) is 0 Å². The molecule has 0 rings (SSSR count). The van der Waals surface area contributed by atoms with Crippen LogP contribution in [0.3, 0.4) is 0 Å². The topological polar surface area (TPSA) is 21.7 Å². The second kappa shape index (κ2) is 3.42. The molecule has 0 bridgehead atoms. The summed E-state index contributed by atoms with van der Waals surface area (Å²) in [5.41, 5.74) is 0. The Balaban J connectivity index is 2.63. The number of rotatable bonds is 2. The Morgan fingerprint density at radius 3 is 2.00 bits per heavy atom. The van der Waals surface area contributed by atoms with Gasteiger partial charge < -0.3 is 0 Å². The Morgan fingerprint density at radius 2 is 2.00 bits per heavy atom. The van der Waals surface area contributed by atoms with Gasteiger partial charge in [0.05, 0.1) is 0 Å². The van der Waals surface area contributed by atoms with Crippen molar-refractivity contribution in [1.82, 2.24) is 5.06 Å². The van der Waals surface area contributed by atoms with E-state index in [1.807, 2.05) is 0 Å². The lowest BCUT2D eigenvalue weighted by Crippen LogP contribution is -2.09.